The zero-order valence-electron chi connectivity index (χ0n) is 12.0. The fourth-order valence-corrected chi connectivity index (χ4v) is 2.48. The minimum Gasteiger partial charge on any atom is -0.338 e. The van der Waals surface area contributed by atoms with E-state index in [1.807, 2.05) is 30.3 Å². The molecule has 1 atom stereocenters. The molecule has 1 aliphatic rings. The lowest BCUT2D eigenvalue weighted by atomic mass is 10.2. The van der Waals surface area contributed by atoms with Crippen LogP contribution in [0.2, 0.25) is 0 Å². The van der Waals surface area contributed by atoms with Crippen molar-refractivity contribution in [2.24, 2.45) is 0 Å². The van der Waals surface area contributed by atoms with Crippen LogP contribution in [0.4, 0.5) is 0 Å². The van der Waals surface area contributed by atoms with Crippen molar-refractivity contribution in [3.8, 4) is 11.4 Å². The second-order valence-electron chi connectivity index (χ2n) is 5.44. The van der Waals surface area contributed by atoms with Crippen molar-refractivity contribution < 1.29 is 4.52 Å². The minimum atomic E-state index is 0.570. The second-order valence-corrected chi connectivity index (χ2v) is 5.44. The van der Waals surface area contributed by atoms with E-state index in [0.29, 0.717) is 17.8 Å². The molecule has 0 saturated carbocycles. The molecule has 106 valence electrons. The van der Waals surface area contributed by atoms with Gasteiger partial charge in [0.1, 0.15) is 0 Å². The first-order chi connectivity index (χ1) is 9.72. The largest absolute Gasteiger partial charge is 0.338 e. The molecule has 1 aromatic carbocycles. The molecular formula is C15H20N4O. The van der Waals surface area contributed by atoms with E-state index in [0.717, 1.165) is 31.7 Å². The van der Waals surface area contributed by atoms with Crippen molar-refractivity contribution in [3.63, 3.8) is 0 Å². The highest BCUT2D eigenvalue weighted by molar-refractivity contribution is 5.53. The predicted octanol–water partition coefficient (Wildman–Crippen LogP) is 1.87. The molecule has 0 bridgehead atoms. The van der Waals surface area contributed by atoms with Crippen LogP contribution in [0, 0.1) is 0 Å². The summed E-state index contributed by atoms with van der Waals surface area (Å²) in [6, 6.07) is 10.5. The van der Waals surface area contributed by atoms with Gasteiger partial charge in [-0.15, -0.1) is 0 Å². The Morgan fingerprint density at radius 1 is 1.25 bits per heavy atom. The molecule has 1 saturated heterocycles. The SMILES string of the molecule is CC1CN(Cc2nc(-c3ccccc3)no2)CCN1C. The zero-order valence-corrected chi connectivity index (χ0v) is 12.0. The Morgan fingerprint density at radius 2 is 2.05 bits per heavy atom. The summed E-state index contributed by atoms with van der Waals surface area (Å²) in [6.07, 6.45) is 0. The maximum absolute atomic E-state index is 5.37. The van der Waals surface area contributed by atoms with E-state index < -0.39 is 0 Å². The first-order valence-corrected chi connectivity index (χ1v) is 7.03. The lowest BCUT2D eigenvalue weighted by molar-refractivity contribution is 0.0914. The van der Waals surface area contributed by atoms with Gasteiger partial charge in [0.15, 0.2) is 0 Å². The third-order valence-corrected chi connectivity index (χ3v) is 3.90. The average Bonchev–Trinajstić information content (AvgIpc) is 2.92. The first kappa shape index (κ1) is 13.3. The van der Waals surface area contributed by atoms with Gasteiger partial charge in [-0.2, -0.15) is 4.98 Å². The van der Waals surface area contributed by atoms with Crippen LogP contribution in [0.15, 0.2) is 34.9 Å². The number of rotatable bonds is 3. The van der Waals surface area contributed by atoms with Crippen LogP contribution >= 0.6 is 0 Å². The molecule has 5 heteroatoms. The van der Waals surface area contributed by atoms with Crippen LogP contribution in [0.5, 0.6) is 0 Å². The number of likely N-dealkylation sites (N-methyl/N-ethyl adjacent to an activating group) is 1. The van der Waals surface area contributed by atoms with Crippen molar-refractivity contribution >= 4 is 0 Å². The van der Waals surface area contributed by atoms with Crippen LogP contribution in [-0.2, 0) is 6.54 Å². The molecule has 20 heavy (non-hydrogen) atoms. The Morgan fingerprint density at radius 3 is 2.80 bits per heavy atom. The quantitative estimate of drug-likeness (QED) is 0.853. The normalized spacial score (nSPS) is 21.2. The smallest absolute Gasteiger partial charge is 0.241 e. The van der Waals surface area contributed by atoms with Gasteiger partial charge in [0.2, 0.25) is 11.7 Å². The van der Waals surface area contributed by atoms with Crippen molar-refractivity contribution in [1.82, 2.24) is 19.9 Å². The van der Waals surface area contributed by atoms with Crippen LogP contribution in [0.3, 0.4) is 0 Å². The van der Waals surface area contributed by atoms with Crippen LogP contribution in [0.1, 0.15) is 12.8 Å². The summed E-state index contributed by atoms with van der Waals surface area (Å²) in [5.41, 5.74) is 0.995. The Balaban J connectivity index is 1.66. The molecule has 5 nitrogen and oxygen atoms in total. The number of aromatic nitrogens is 2. The van der Waals surface area contributed by atoms with Gasteiger partial charge in [-0.25, -0.2) is 0 Å². The summed E-state index contributed by atoms with van der Waals surface area (Å²) >= 11 is 0. The van der Waals surface area contributed by atoms with E-state index in [2.05, 4.69) is 33.9 Å². The third-order valence-electron chi connectivity index (χ3n) is 3.90. The summed E-state index contributed by atoms with van der Waals surface area (Å²) < 4.78 is 5.37. The molecule has 1 aromatic heterocycles. The predicted molar refractivity (Wildman–Crippen MR) is 77.1 cm³/mol. The monoisotopic (exact) mass is 272 g/mol. The van der Waals surface area contributed by atoms with Crippen molar-refractivity contribution in [2.45, 2.75) is 19.5 Å². The van der Waals surface area contributed by atoms with E-state index in [1.165, 1.54) is 0 Å². The fourth-order valence-electron chi connectivity index (χ4n) is 2.48. The number of nitrogens with zero attached hydrogens (tertiary/aromatic N) is 4. The highest BCUT2D eigenvalue weighted by Crippen LogP contribution is 2.16. The summed E-state index contributed by atoms with van der Waals surface area (Å²) in [7, 11) is 2.17. The zero-order chi connectivity index (χ0) is 13.9. The molecule has 1 aliphatic heterocycles. The summed E-state index contributed by atoms with van der Waals surface area (Å²) in [6.45, 7) is 6.15. The molecule has 1 unspecified atom stereocenters. The topological polar surface area (TPSA) is 45.4 Å². The van der Waals surface area contributed by atoms with Gasteiger partial charge < -0.3 is 9.42 Å². The van der Waals surface area contributed by atoms with Crippen LogP contribution in [-0.4, -0.2) is 52.7 Å². The Hall–Kier alpha value is -1.72. The third kappa shape index (κ3) is 2.89. The molecule has 0 spiro atoms. The Labute approximate surface area is 119 Å². The minimum absolute atomic E-state index is 0.570. The van der Waals surface area contributed by atoms with Crippen molar-refractivity contribution in [2.75, 3.05) is 26.7 Å². The number of hydrogen-bond acceptors (Lipinski definition) is 5. The highest BCUT2D eigenvalue weighted by Gasteiger charge is 2.22. The summed E-state index contributed by atoms with van der Waals surface area (Å²) in [5.74, 6) is 1.36. The number of hydrogen-bond donors (Lipinski definition) is 0. The van der Waals surface area contributed by atoms with Crippen LogP contribution < -0.4 is 0 Å². The molecule has 0 N–H and O–H groups in total. The molecular weight excluding hydrogens is 252 g/mol. The molecule has 0 radical (unpaired) electrons. The van der Waals surface area contributed by atoms with Gasteiger partial charge in [0.25, 0.3) is 0 Å². The molecule has 0 aliphatic carbocycles. The van der Waals surface area contributed by atoms with Crippen molar-refractivity contribution in [3.05, 3.63) is 36.2 Å². The lowest BCUT2D eigenvalue weighted by Crippen LogP contribution is -2.49. The molecule has 3 rings (SSSR count). The average molecular weight is 272 g/mol. The van der Waals surface area contributed by atoms with E-state index in [1.54, 1.807) is 0 Å². The highest BCUT2D eigenvalue weighted by atomic mass is 16.5. The van der Waals surface area contributed by atoms with E-state index in [4.69, 9.17) is 4.52 Å². The first-order valence-electron chi connectivity index (χ1n) is 7.03. The molecule has 2 heterocycles. The van der Waals surface area contributed by atoms with Gasteiger partial charge in [-0.05, 0) is 14.0 Å². The number of piperazine rings is 1. The maximum Gasteiger partial charge on any atom is 0.241 e. The van der Waals surface area contributed by atoms with Gasteiger partial charge in [-0.1, -0.05) is 35.5 Å². The molecule has 2 aromatic rings. The van der Waals surface area contributed by atoms with Gasteiger partial charge in [0.05, 0.1) is 6.54 Å². The van der Waals surface area contributed by atoms with Gasteiger partial charge in [0, 0.05) is 31.2 Å². The van der Waals surface area contributed by atoms with Gasteiger partial charge in [-0.3, -0.25) is 4.90 Å². The van der Waals surface area contributed by atoms with Crippen molar-refractivity contribution in [1.29, 1.82) is 0 Å². The van der Waals surface area contributed by atoms with Gasteiger partial charge >= 0.3 is 0 Å². The fraction of sp³-hybridized carbons (Fsp3) is 0.467. The Bertz CT molecular complexity index is 554. The van der Waals surface area contributed by atoms with Crippen LogP contribution in [0.25, 0.3) is 11.4 Å². The standard InChI is InChI=1S/C15H20N4O/c1-12-10-19(9-8-18(12)2)11-14-16-15(17-20-14)13-6-4-3-5-7-13/h3-7,12H,8-11H2,1-2H3. The Kier molecular flexibility index (Phi) is 3.80. The summed E-state index contributed by atoms with van der Waals surface area (Å²) in [4.78, 5) is 9.23. The maximum atomic E-state index is 5.37. The molecule has 0 amide bonds. The van der Waals surface area contributed by atoms with E-state index in [-0.39, 0.29) is 0 Å². The van der Waals surface area contributed by atoms with E-state index >= 15 is 0 Å². The lowest BCUT2D eigenvalue weighted by Gasteiger charge is -2.36. The number of benzene rings is 1. The summed E-state index contributed by atoms with van der Waals surface area (Å²) in [5, 5.41) is 4.06. The molecule has 1 fully saturated rings. The van der Waals surface area contributed by atoms with E-state index in [9.17, 15) is 0 Å². The second kappa shape index (κ2) is 5.73.